The van der Waals surface area contributed by atoms with Gasteiger partial charge in [0.2, 0.25) is 0 Å². The molecule has 0 fully saturated rings. The normalized spacial score (nSPS) is 12.1. The molecule has 0 aliphatic heterocycles. The maximum Gasteiger partial charge on any atom is 0.293 e. The molecule has 0 aliphatic carbocycles. The van der Waals surface area contributed by atoms with Crippen molar-refractivity contribution in [3.63, 3.8) is 0 Å². The van der Waals surface area contributed by atoms with E-state index < -0.39 is 10.0 Å². The molecular weight excluding hydrogens is 455 g/mol. The second-order valence-electron chi connectivity index (χ2n) is 4.84. The second kappa shape index (κ2) is 7.45. The van der Waals surface area contributed by atoms with E-state index in [-0.39, 0.29) is 4.21 Å². The molecule has 1 N–H and O–H groups in total. The van der Waals surface area contributed by atoms with Gasteiger partial charge in [0.05, 0.1) is 0 Å². The standard InChI is InChI=1S/C17H13IN2O2S2/c18-14-8-10-15(11-9-14)19-17(13-5-2-1-3-6-13)20-24(21,22)16-7-4-12-23-16/h1-12H,(H,19,20). The lowest BCUT2D eigenvalue weighted by atomic mass is 10.2. The SMILES string of the molecule is O=S(=O)(/N=C(/Nc1ccc(I)cc1)c1ccccc1)c1cccs1. The summed E-state index contributed by atoms with van der Waals surface area (Å²) in [6, 6.07) is 20.1. The fourth-order valence-corrected chi connectivity index (χ4v) is 4.29. The van der Waals surface area contributed by atoms with Crippen LogP contribution < -0.4 is 5.32 Å². The van der Waals surface area contributed by atoms with Crippen LogP contribution in [0.4, 0.5) is 5.69 Å². The van der Waals surface area contributed by atoms with Crippen LogP contribution in [0.15, 0.2) is 80.7 Å². The number of rotatable bonds is 4. The van der Waals surface area contributed by atoms with Crippen LogP contribution in [-0.4, -0.2) is 14.3 Å². The van der Waals surface area contributed by atoms with Gasteiger partial charge in [0, 0.05) is 14.8 Å². The molecule has 0 atom stereocenters. The van der Waals surface area contributed by atoms with E-state index in [2.05, 4.69) is 32.3 Å². The summed E-state index contributed by atoms with van der Waals surface area (Å²) >= 11 is 3.37. The number of sulfonamides is 1. The molecule has 3 aromatic rings. The van der Waals surface area contributed by atoms with Gasteiger partial charge >= 0.3 is 0 Å². The topological polar surface area (TPSA) is 58.5 Å². The lowest BCUT2D eigenvalue weighted by Crippen LogP contribution is -2.16. The molecule has 2 aromatic carbocycles. The average molecular weight is 468 g/mol. The molecule has 0 aliphatic rings. The summed E-state index contributed by atoms with van der Waals surface area (Å²) in [5, 5.41) is 4.83. The maximum atomic E-state index is 12.5. The summed E-state index contributed by atoms with van der Waals surface area (Å²) in [6.45, 7) is 0. The van der Waals surface area contributed by atoms with Crippen LogP contribution in [0.2, 0.25) is 0 Å². The van der Waals surface area contributed by atoms with Gasteiger partial charge < -0.3 is 5.32 Å². The van der Waals surface area contributed by atoms with Crippen molar-refractivity contribution in [2.45, 2.75) is 4.21 Å². The van der Waals surface area contributed by atoms with Gasteiger partial charge in [-0.2, -0.15) is 8.42 Å². The Hall–Kier alpha value is -1.71. The van der Waals surface area contributed by atoms with Gasteiger partial charge in [0.25, 0.3) is 10.0 Å². The predicted molar refractivity (Wildman–Crippen MR) is 107 cm³/mol. The summed E-state index contributed by atoms with van der Waals surface area (Å²) in [7, 11) is -3.75. The molecular formula is C17H13IN2O2S2. The van der Waals surface area contributed by atoms with Crippen molar-refractivity contribution >= 4 is 55.5 Å². The number of thiophene rings is 1. The van der Waals surface area contributed by atoms with Gasteiger partial charge in [-0.15, -0.1) is 15.7 Å². The number of halogens is 1. The number of nitrogens with one attached hydrogen (secondary N) is 1. The van der Waals surface area contributed by atoms with Crippen LogP contribution in [0, 0.1) is 3.57 Å². The Bertz CT molecular complexity index is 936. The molecule has 0 saturated carbocycles. The molecule has 0 unspecified atom stereocenters. The Kier molecular flexibility index (Phi) is 5.32. The van der Waals surface area contributed by atoms with Crippen molar-refractivity contribution in [3.05, 3.63) is 81.2 Å². The van der Waals surface area contributed by atoms with E-state index in [1.807, 2.05) is 54.6 Å². The van der Waals surface area contributed by atoms with E-state index in [0.29, 0.717) is 11.4 Å². The van der Waals surface area contributed by atoms with Gasteiger partial charge in [-0.05, 0) is 58.3 Å². The number of hydrogen-bond donors (Lipinski definition) is 1. The zero-order valence-corrected chi connectivity index (χ0v) is 16.2. The fraction of sp³-hybridized carbons (Fsp3) is 0. The van der Waals surface area contributed by atoms with Gasteiger partial charge in [0.15, 0.2) is 5.84 Å². The fourth-order valence-electron chi connectivity index (χ4n) is 1.99. The predicted octanol–water partition coefficient (Wildman–Crippen LogP) is 4.60. The number of nitrogens with zero attached hydrogens (tertiary/aromatic N) is 1. The van der Waals surface area contributed by atoms with E-state index in [9.17, 15) is 8.42 Å². The first-order valence-electron chi connectivity index (χ1n) is 7.01. The first kappa shape index (κ1) is 17.1. The molecule has 24 heavy (non-hydrogen) atoms. The van der Waals surface area contributed by atoms with Crippen LogP contribution >= 0.6 is 33.9 Å². The van der Waals surface area contributed by atoms with Crippen molar-refractivity contribution in [3.8, 4) is 0 Å². The Balaban J connectivity index is 2.02. The van der Waals surface area contributed by atoms with E-state index in [1.54, 1.807) is 17.5 Å². The molecule has 4 nitrogen and oxygen atoms in total. The molecule has 122 valence electrons. The Morgan fingerprint density at radius 1 is 0.958 bits per heavy atom. The molecule has 0 radical (unpaired) electrons. The summed E-state index contributed by atoms with van der Waals surface area (Å²) in [4.78, 5) is 0. The van der Waals surface area contributed by atoms with Gasteiger partial charge in [-0.25, -0.2) is 0 Å². The van der Waals surface area contributed by atoms with Crippen molar-refractivity contribution in [1.29, 1.82) is 0 Å². The third-order valence-corrected chi connectivity index (χ3v) is 6.48. The van der Waals surface area contributed by atoms with E-state index in [0.717, 1.165) is 20.6 Å². The minimum Gasteiger partial charge on any atom is -0.339 e. The van der Waals surface area contributed by atoms with Gasteiger partial charge in [0.1, 0.15) is 4.21 Å². The van der Waals surface area contributed by atoms with Crippen LogP contribution in [0.5, 0.6) is 0 Å². The van der Waals surface area contributed by atoms with Crippen molar-refractivity contribution in [2.24, 2.45) is 4.40 Å². The third kappa shape index (κ3) is 4.22. The summed E-state index contributed by atoms with van der Waals surface area (Å²) in [6.07, 6.45) is 0. The molecule has 0 saturated heterocycles. The Labute approximate surface area is 158 Å². The second-order valence-corrected chi connectivity index (χ2v) is 8.87. The molecule has 1 heterocycles. The summed E-state index contributed by atoms with van der Waals surface area (Å²) in [5.41, 5.74) is 1.48. The highest BCUT2D eigenvalue weighted by atomic mass is 127. The lowest BCUT2D eigenvalue weighted by molar-refractivity contribution is 0.600. The van der Waals surface area contributed by atoms with Crippen LogP contribution in [-0.2, 0) is 10.0 Å². The quantitative estimate of drug-likeness (QED) is 0.346. The van der Waals surface area contributed by atoms with Crippen molar-refractivity contribution in [2.75, 3.05) is 5.32 Å². The van der Waals surface area contributed by atoms with Crippen molar-refractivity contribution < 1.29 is 8.42 Å². The maximum absolute atomic E-state index is 12.5. The molecule has 0 spiro atoms. The van der Waals surface area contributed by atoms with E-state index in [4.69, 9.17) is 0 Å². The number of hydrogen-bond acceptors (Lipinski definition) is 3. The number of amidine groups is 1. The molecule has 7 heteroatoms. The largest absolute Gasteiger partial charge is 0.339 e. The monoisotopic (exact) mass is 468 g/mol. The smallest absolute Gasteiger partial charge is 0.293 e. The highest BCUT2D eigenvalue weighted by Crippen LogP contribution is 2.20. The highest BCUT2D eigenvalue weighted by Gasteiger charge is 2.16. The van der Waals surface area contributed by atoms with E-state index >= 15 is 0 Å². The number of anilines is 1. The zero-order valence-electron chi connectivity index (χ0n) is 12.4. The highest BCUT2D eigenvalue weighted by molar-refractivity contribution is 14.1. The summed E-state index contributed by atoms with van der Waals surface area (Å²) < 4.78 is 30.4. The van der Waals surface area contributed by atoms with Crippen molar-refractivity contribution in [1.82, 2.24) is 0 Å². The first-order valence-corrected chi connectivity index (χ1v) is 10.4. The molecule has 1 aromatic heterocycles. The van der Waals surface area contributed by atoms with E-state index in [1.165, 1.54) is 0 Å². The van der Waals surface area contributed by atoms with Gasteiger partial charge in [-0.1, -0.05) is 36.4 Å². The minimum absolute atomic E-state index is 0.223. The Morgan fingerprint density at radius 3 is 2.29 bits per heavy atom. The van der Waals surface area contributed by atoms with Gasteiger partial charge in [-0.3, -0.25) is 0 Å². The number of benzene rings is 2. The molecule has 0 bridgehead atoms. The van der Waals surface area contributed by atoms with Crippen LogP contribution in [0.25, 0.3) is 0 Å². The third-order valence-electron chi connectivity index (χ3n) is 3.11. The van der Waals surface area contributed by atoms with Crippen LogP contribution in [0.3, 0.4) is 0 Å². The minimum atomic E-state index is -3.75. The summed E-state index contributed by atoms with van der Waals surface area (Å²) in [5.74, 6) is 0.296. The first-order chi connectivity index (χ1) is 11.5. The lowest BCUT2D eigenvalue weighted by Gasteiger charge is -2.10. The Morgan fingerprint density at radius 2 is 1.67 bits per heavy atom. The molecule has 3 rings (SSSR count). The average Bonchev–Trinajstić information content (AvgIpc) is 3.12. The molecule has 0 amide bonds. The zero-order chi connectivity index (χ0) is 17.0. The van der Waals surface area contributed by atoms with Crippen LogP contribution in [0.1, 0.15) is 5.56 Å².